The second kappa shape index (κ2) is 7.31. The van der Waals surface area contributed by atoms with Gasteiger partial charge in [-0.05, 0) is 62.1 Å². The van der Waals surface area contributed by atoms with Gasteiger partial charge < -0.3 is 15.3 Å². The molecule has 36 heavy (non-hydrogen) atoms. The smallest absolute Gasteiger partial charge is 0.310 e. The molecular formula is C23H27F5N4O2S2. The topological polar surface area (TPSA) is 78.3 Å². The normalized spacial score (nSPS) is 28.9. The first-order chi connectivity index (χ1) is 16.8. The summed E-state index contributed by atoms with van der Waals surface area (Å²) in [4.78, 5) is 10.3. The molecule has 198 valence electrons. The van der Waals surface area contributed by atoms with Crippen LogP contribution in [0.5, 0.6) is 0 Å². The molecule has 0 amide bonds. The molecule has 4 aliphatic rings. The molecule has 6 rings (SSSR count). The molecule has 2 saturated carbocycles. The van der Waals surface area contributed by atoms with Crippen LogP contribution >= 0.6 is 10.2 Å². The van der Waals surface area contributed by atoms with E-state index in [2.05, 4.69) is 5.32 Å². The average molecular weight is 551 g/mol. The predicted octanol–water partition coefficient (Wildman–Crippen LogP) is 5.82. The Hall–Kier alpha value is -1.99. The molecule has 13 heteroatoms. The number of benzene rings is 1. The van der Waals surface area contributed by atoms with Crippen molar-refractivity contribution in [3.63, 3.8) is 0 Å². The van der Waals surface area contributed by atoms with E-state index in [0.717, 1.165) is 43.5 Å². The number of nitrogens with one attached hydrogen (secondary N) is 1. The zero-order valence-electron chi connectivity index (χ0n) is 19.3. The number of piperidine rings is 1. The second-order valence-electron chi connectivity index (χ2n) is 10.5. The zero-order valence-corrected chi connectivity index (χ0v) is 20.9. The highest BCUT2D eigenvalue weighted by Crippen LogP contribution is 3.02. The van der Waals surface area contributed by atoms with Gasteiger partial charge in [0, 0.05) is 24.3 Å². The number of fused-ring (bicyclic) bond motifs is 3. The van der Waals surface area contributed by atoms with E-state index in [0.29, 0.717) is 60.3 Å². The fraction of sp³-hybridized carbons (Fsp3) is 0.565. The number of anilines is 2. The van der Waals surface area contributed by atoms with Crippen LogP contribution in [0.2, 0.25) is 0 Å². The van der Waals surface area contributed by atoms with Crippen LogP contribution in [0.1, 0.15) is 61.6 Å². The number of halogens is 5. The van der Waals surface area contributed by atoms with Crippen molar-refractivity contribution in [2.75, 3.05) is 29.9 Å². The van der Waals surface area contributed by atoms with E-state index in [1.54, 1.807) is 0 Å². The van der Waals surface area contributed by atoms with Crippen molar-refractivity contribution in [1.29, 1.82) is 0 Å². The Morgan fingerprint density at radius 1 is 1.08 bits per heavy atom. The molecule has 1 saturated heterocycles. The Morgan fingerprint density at radius 3 is 2.31 bits per heavy atom. The Balaban J connectivity index is 1.21. The number of rotatable bonds is 6. The maximum Gasteiger partial charge on any atom is 0.310 e. The molecule has 1 aromatic heterocycles. The monoisotopic (exact) mass is 550 g/mol. The van der Waals surface area contributed by atoms with Gasteiger partial charge in [-0.25, -0.2) is 4.98 Å². The van der Waals surface area contributed by atoms with Gasteiger partial charge in [0.25, 0.3) is 0 Å². The van der Waals surface area contributed by atoms with Crippen molar-refractivity contribution in [3.8, 4) is 0 Å². The van der Waals surface area contributed by atoms with Crippen molar-refractivity contribution in [2.24, 2.45) is 0 Å². The summed E-state index contributed by atoms with van der Waals surface area (Å²) >= 11 is 0. The molecule has 2 aliphatic heterocycles. The molecule has 0 spiro atoms. The van der Waals surface area contributed by atoms with Crippen LogP contribution in [-0.2, 0) is 10.8 Å². The average Bonchev–Trinajstić information content (AvgIpc) is 3.55. The van der Waals surface area contributed by atoms with E-state index in [4.69, 9.17) is 9.97 Å². The van der Waals surface area contributed by atoms with E-state index in [1.807, 2.05) is 4.90 Å². The van der Waals surface area contributed by atoms with E-state index in [9.17, 15) is 28.7 Å². The summed E-state index contributed by atoms with van der Waals surface area (Å²) in [7, 11) is -10.9. The SMILES string of the molecule is O=[S@@]1c2c(NC3(CO)CCC3)nc(N3CCC(c4ccc(S(F)(F)(F)(F)F)cc4)CC3)nc2C2CC21. The molecule has 3 atom stereocenters. The van der Waals surface area contributed by atoms with Crippen LogP contribution in [0.4, 0.5) is 31.2 Å². The number of hydrogen-bond donors (Lipinski definition) is 2. The van der Waals surface area contributed by atoms with Crippen LogP contribution in [0.15, 0.2) is 34.1 Å². The van der Waals surface area contributed by atoms with Crippen molar-refractivity contribution < 1.29 is 28.7 Å². The first-order valence-corrected chi connectivity index (χ1v) is 15.2. The van der Waals surface area contributed by atoms with E-state index in [1.165, 1.54) is 0 Å². The first-order valence-electron chi connectivity index (χ1n) is 12.1. The third kappa shape index (κ3) is 4.16. The number of aromatic nitrogens is 2. The highest BCUT2D eigenvalue weighted by atomic mass is 32.5. The minimum Gasteiger partial charge on any atom is -0.394 e. The van der Waals surface area contributed by atoms with Gasteiger partial charge in [0.05, 0.1) is 28.6 Å². The second-order valence-corrected chi connectivity index (χ2v) is 14.5. The predicted molar refractivity (Wildman–Crippen MR) is 129 cm³/mol. The van der Waals surface area contributed by atoms with Crippen LogP contribution in [0, 0.1) is 0 Å². The third-order valence-electron chi connectivity index (χ3n) is 8.01. The quantitative estimate of drug-likeness (QED) is 0.442. The van der Waals surface area contributed by atoms with Crippen LogP contribution in [0.3, 0.4) is 0 Å². The molecule has 3 heterocycles. The lowest BCUT2D eigenvalue weighted by atomic mass is 9.77. The summed E-state index contributed by atoms with van der Waals surface area (Å²) in [6.45, 7) is 1.07. The summed E-state index contributed by atoms with van der Waals surface area (Å²) in [5, 5.41) is 13.4. The van der Waals surface area contributed by atoms with Gasteiger partial charge in [-0.3, -0.25) is 4.21 Å². The molecule has 2 N–H and O–H groups in total. The van der Waals surface area contributed by atoms with Crippen molar-refractivity contribution in [2.45, 2.75) is 70.9 Å². The molecular weight excluding hydrogens is 523 g/mol. The fourth-order valence-electron chi connectivity index (χ4n) is 5.57. The molecule has 2 aliphatic carbocycles. The Kier molecular flexibility index (Phi) is 4.95. The number of aliphatic hydroxyl groups is 1. The number of nitrogens with zero attached hydrogens (tertiary/aromatic N) is 3. The van der Waals surface area contributed by atoms with E-state index < -0.39 is 31.5 Å². The minimum absolute atomic E-state index is 0.0349. The largest absolute Gasteiger partial charge is 0.394 e. The van der Waals surface area contributed by atoms with E-state index in [-0.39, 0.29) is 23.7 Å². The van der Waals surface area contributed by atoms with Crippen LogP contribution in [0.25, 0.3) is 0 Å². The third-order valence-corrected chi connectivity index (χ3v) is 11.0. The van der Waals surface area contributed by atoms with Gasteiger partial charge >= 0.3 is 10.2 Å². The summed E-state index contributed by atoms with van der Waals surface area (Å²) < 4.78 is 78.1. The fourth-order valence-corrected chi connectivity index (χ4v) is 8.02. The zero-order chi connectivity index (χ0) is 25.6. The standard InChI is InChI=1S/C23H27F5N4O2S2/c24-36(25,26,27,28)16-4-2-14(3-5-16)15-6-10-32(11-7-15)22-29-19-17-12-18(17)35(34)20(19)21(30-22)31-23(13-33)8-1-9-23/h2-5,15,17-18,33H,1,6-13H2,(H,29,30,31)/t17?,18?,35-/m0/s1. The lowest BCUT2D eigenvalue weighted by Gasteiger charge is -2.42. The molecule has 0 bridgehead atoms. The lowest BCUT2D eigenvalue weighted by Crippen LogP contribution is -2.49. The summed E-state index contributed by atoms with van der Waals surface area (Å²) in [6.07, 6.45) is 4.68. The molecule has 3 fully saturated rings. The van der Waals surface area contributed by atoms with Gasteiger partial charge in [-0.15, -0.1) is 0 Å². The molecule has 2 unspecified atom stereocenters. The van der Waals surface area contributed by atoms with Gasteiger partial charge in [-0.2, -0.15) is 4.98 Å². The van der Waals surface area contributed by atoms with Crippen LogP contribution in [-0.4, -0.2) is 49.8 Å². The van der Waals surface area contributed by atoms with Gasteiger partial charge in [0.1, 0.15) is 15.6 Å². The highest BCUT2D eigenvalue weighted by Gasteiger charge is 2.65. The Bertz CT molecular complexity index is 1240. The van der Waals surface area contributed by atoms with Gasteiger partial charge in [0.2, 0.25) is 5.95 Å². The lowest BCUT2D eigenvalue weighted by molar-refractivity contribution is 0.143. The Labute approximate surface area is 207 Å². The first kappa shape index (κ1) is 24.4. The van der Waals surface area contributed by atoms with E-state index >= 15 is 0 Å². The molecule has 2 aromatic rings. The molecule has 1 aromatic carbocycles. The number of hydrogen-bond acceptors (Lipinski definition) is 6. The summed E-state index contributed by atoms with van der Waals surface area (Å²) in [6, 6.07) is 3.26. The Morgan fingerprint density at radius 2 is 1.75 bits per heavy atom. The van der Waals surface area contributed by atoms with Crippen molar-refractivity contribution >= 4 is 32.8 Å². The molecule has 0 radical (unpaired) electrons. The van der Waals surface area contributed by atoms with Crippen LogP contribution < -0.4 is 10.2 Å². The van der Waals surface area contributed by atoms with Crippen molar-refractivity contribution in [3.05, 3.63) is 35.5 Å². The van der Waals surface area contributed by atoms with Gasteiger partial charge in [0.15, 0.2) is 0 Å². The number of aliphatic hydroxyl groups excluding tert-OH is 1. The maximum atomic E-state index is 13.0. The summed E-state index contributed by atoms with van der Waals surface area (Å²) in [5.41, 5.74) is 0.959. The molecule has 6 nitrogen and oxygen atoms in total. The van der Waals surface area contributed by atoms with Crippen molar-refractivity contribution in [1.82, 2.24) is 9.97 Å². The summed E-state index contributed by atoms with van der Waals surface area (Å²) in [5.74, 6) is 1.15. The maximum absolute atomic E-state index is 13.0. The highest BCUT2D eigenvalue weighted by molar-refractivity contribution is 8.45. The minimum atomic E-state index is -9.68. The van der Waals surface area contributed by atoms with Gasteiger partial charge in [-0.1, -0.05) is 31.6 Å².